The summed E-state index contributed by atoms with van der Waals surface area (Å²) < 4.78 is 5.85. The number of carboxylic acid groups (broad SMARTS) is 1. The molecule has 1 N–H and O–H groups in total. The summed E-state index contributed by atoms with van der Waals surface area (Å²) in [5.74, 6) is -0.376. The number of carboxylic acids is 1. The lowest BCUT2D eigenvalue weighted by Crippen LogP contribution is -2.04. The van der Waals surface area contributed by atoms with E-state index in [-0.39, 0.29) is 6.42 Å². The smallest absolute Gasteiger partial charge is 0.307 e. The Hall–Kier alpha value is -2.49. The van der Waals surface area contributed by atoms with Gasteiger partial charge in [0.1, 0.15) is 12.4 Å². The first-order valence-electron chi connectivity index (χ1n) is 8.00. The van der Waals surface area contributed by atoms with E-state index in [4.69, 9.17) is 27.9 Å². The number of hydrogen-bond donors (Lipinski definition) is 1. The Labute approximate surface area is 161 Å². The Morgan fingerprint density at radius 3 is 2.42 bits per heavy atom. The minimum absolute atomic E-state index is 0.136. The summed E-state index contributed by atoms with van der Waals surface area (Å²) in [7, 11) is 0. The fraction of sp³-hybridized carbons (Fsp3) is 0.0952. The van der Waals surface area contributed by atoms with Crippen LogP contribution in [0.3, 0.4) is 0 Å². The standard InChI is InChI=1S/C21H16Cl2O3/c22-17-7-8-18(19(23)12-17)15-6-9-20(16(10-15)11-21(24)25)26-13-14-4-2-1-3-5-14/h1-10,12H,11,13H2,(H,24,25). The van der Waals surface area contributed by atoms with E-state index in [1.165, 1.54) is 0 Å². The molecule has 0 saturated carbocycles. The van der Waals surface area contributed by atoms with Gasteiger partial charge < -0.3 is 9.84 Å². The largest absolute Gasteiger partial charge is 0.489 e. The van der Waals surface area contributed by atoms with E-state index in [1.807, 2.05) is 42.5 Å². The van der Waals surface area contributed by atoms with Crippen molar-refractivity contribution in [1.82, 2.24) is 0 Å². The van der Waals surface area contributed by atoms with Crippen LogP contribution in [-0.2, 0) is 17.8 Å². The van der Waals surface area contributed by atoms with Crippen molar-refractivity contribution in [2.45, 2.75) is 13.0 Å². The van der Waals surface area contributed by atoms with Crippen LogP contribution in [-0.4, -0.2) is 11.1 Å². The molecule has 0 heterocycles. The molecule has 0 radical (unpaired) electrons. The average Bonchev–Trinajstić information content (AvgIpc) is 2.61. The van der Waals surface area contributed by atoms with Gasteiger partial charge in [-0.25, -0.2) is 0 Å². The molecule has 0 bridgehead atoms. The summed E-state index contributed by atoms with van der Waals surface area (Å²) in [6, 6.07) is 20.4. The molecular formula is C21H16Cl2O3. The highest BCUT2D eigenvalue weighted by Crippen LogP contribution is 2.33. The molecule has 0 spiro atoms. The maximum atomic E-state index is 11.3. The molecule has 0 atom stereocenters. The van der Waals surface area contributed by atoms with Crippen LogP contribution < -0.4 is 4.74 Å². The second kappa shape index (κ2) is 8.26. The van der Waals surface area contributed by atoms with Gasteiger partial charge in [-0.1, -0.05) is 65.7 Å². The molecule has 5 heteroatoms. The molecule has 3 aromatic carbocycles. The monoisotopic (exact) mass is 386 g/mol. The first-order valence-corrected chi connectivity index (χ1v) is 8.75. The third kappa shape index (κ3) is 4.57. The van der Waals surface area contributed by atoms with Crippen LogP contribution >= 0.6 is 23.2 Å². The first-order chi connectivity index (χ1) is 12.5. The summed E-state index contributed by atoms with van der Waals surface area (Å²) >= 11 is 12.2. The van der Waals surface area contributed by atoms with Gasteiger partial charge in [-0.15, -0.1) is 0 Å². The highest BCUT2D eigenvalue weighted by atomic mass is 35.5. The summed E-state index contributed by atoms with van der Waals surface area (Å²) in [4.78, 5) is 11.3. The molecule has 0 fully saturated rings. The molecule has 26 heavy (non-hydrogen) atoms. The Balaban J connectivity index is 1.91. The van der Waals surface area contributed by atoms with Crippen molar-refractivity contribution in [3.8, 4) is 16.9 Å². The topological polar surface area (TPSA) is 46.5 Å². The molecule has 0 aliphatic heterocycles. The van der Waals surface area contributed by atoms with E-state index in [9.17, 15) is 9.90 Å². The number of rotatable bonds is 6. The number of aliphatic carboxylic acids is 1. The highest BCUT2D eigenvalue weighted by Gasteiger charge is 2.12. The lowest BCUT2D eigenvalue weighted by atomic mass is 10.0. The number of halogens is 2. The van der Waals surface area contributed by atoms with E-state index >= 15 is 0 Å². The number of ether oxygens (including phenoxy) is 1. The zero-order valence-corrected chi connectivity index (χ0v) is 15.3. The zero-order valence-electron chi connectivity index (χ0n) is 13.8. The van der Waals surface area contributed by atoms with E-state index in [2.05, 4.69) is 0 Å². The van der Waals surface area contributed by atoms with Crippen LogP contribution in [0.1, 0.15) is 11.1 Å². The fourth-order valence-corrected chi connectivity index (χ4v) is 3.17. The van der Waals surface area contributed by atoms with E-state index in [0.29, 0.717) is 28.0 Å². The number of benzene rings is 3. The molecule has 0 aliphatic carbocycles. The van der Waals surface area contributed by atoms with Crippen LogP contribution in [0, 0.1) is 0 Å². The third-order valence-corrected chi connectivity index (χ3v) is 4.43. The van der Waals surface area contributed by atoms with Crippen molar-refractivity contribution < 1.29 is 14.6 Å². The van der Waals surface area contributed by atoms with Gasteiger partial charge in [0, 0.05) is 21.2 Å². The van der Waals surface area contributed by atoms with Crippen LogP contribution in [0.5, 0.6) is 5.75 Å². The van der Waals surface area contributed by atoms with Crippen molar-refractivity contribution in [3.63, 3.8) is 0 Å². The normalized spacial score (nSPS) is 10.5. The molecule has 0 aromatic heterocycles. The van der Waals surface area contributed by atoms with E-state index in [0.717, 1.165) is 16.7 Å². The number of carbonyl (C=O) groups is 1. The number of hydrogen-bond acceptors (Lipinski definition) is 2. The maximum absolute atomic E-state index is 11.3. The molecule has 0 amide bonds. The maximum Gasteiger partial charge on any atom is 0.307 e. The zero-order chi connectivity index (χ0) is 18.5. The molecule has 0 saturated heterocycles. The molecule has 0 aliphatic rings. The van der Waals surface area contributed by atoms with Crippen molar-refractivity contribution in [3.05, 3.63) is 87.9 Å². The van der Waals surface area contributed by atoms with E-state index < -0.39 is 5.97 Å². The van der Waals surface area contributed by atoms with E-state index in [1.54, 1.807) is 24.3 Å². The van der Waals surface area contributed by atoms with Gasteiger partial charge in [0.25, 0.3) is 0 Å². The van der Waals surface area contributed by atoms with Gasteiger partial charge in [0.05, 0.1) is 6.42 Å². The third-order valence-electron chi connectivity index (χ3n) is 3.88. The van der Waals surface area contributed by atoms with Gasteiger partial charge in [0.2, 0.25) is 0 Å². The predicted molar refractivity (Wildman–Crippen MR) is 104 cm³/mol. The lowest BCUT2D eigenvalue weighted by Gasteiger charge is -2.13. The minimum atomic E-state index is -0.922. The average molecular weight is 387 g/mol. The summed E-state index contributed by atoms with van der Waals surface area (Å²) in [5.41, 5.74) is 3.21. The van der Waals surface area contributed by atoms with Crippen LogP contribution in [0.4, 0.5) is 0 Å². The van der Waals surface area contributed by atoms with Gasteiger partial charge >= 0.3 is 5.97 Å². The highest BCUT2D eigenvalue weighted by molar-refractivity contribution is 6.36. The second-order valence-corrected chi connectivity index (χ2v) is 6.64. The quantitative estimate of drug-likeness (QED) is 0.576. The summed E-state index contributed by atoms with van der Waals surface area (Å²) in [5, 5.41) is 10.3. The fourth-order valence-electron chi connectivity index (χ4n) is 2.65. The summed E-state index contributed by atoms with van der Waals surface area (Å²) in [6.45, 7) is 0.370. The first kappa shape index (κ1) is 18.3. The van der Waals surface area contributed by atoms with Gasteiger partial charge in [-0.3, -0.25) is 4.79 Å². The summed E-state index contributed by atoms with van der Waals surface area (Å²) in [6.07, 6.45) is -0.136. The Kier molecular flexibility index (Phi) is 5.82. The molecule has 3 nitrogen and oxygen atoms in total. The Morgan fingerprint density at radius 2 is 1.73 bits per heavy atom. The Bertz CT molecular complexity index is 924. The minimum Gasteiger partial charge on any atom is -0.489 e. The van der Waals surface area contributed by atoms with Gasteiger partial charge in [0.15, 0.2) is 0 Å². The van der Waals surface area contributed by atoms with Crippen molar-refractivity contribution >= 4 is 29.2 Å². The predicted octanol–water partition coefficient (Wildman–Crippen LogP) is 5.87. The second-order valence-electron chi connectivity index (χ2n) is 5.79. The van der Waals surface area contributed by atoms with Crippen molar-refractivity contribution in [2.24, 2.45) is 0 Å². The van der Waals surface area contributed by atoms with Gasteiger partial charge in [-0.05, 0) is 35.4 Å². The van der Waals surface area contributed by atoms with Crippen molar-refractivity contribution in [1.29, 1.82) is 0 Å². The molecular weight excluding hydrogens is 371 g/mol. The lowest BCUT2D eigenvalue weighted by molar-refractivity contribution is -0.136. The molecule has 0 unspecified atom stereocenters. The van der Waals surface area contributed by atoms with Crippen LogP contribution in [0.15, 0.2) is 66.7 Å². The Morgan fingerprint density at radius 1 is 0.962 bits per heavy atom. The van der Waals surface area contributed by atoms with Crippen LogP contribution in [0.25, 0.3) is 11.1 Å². The molecule has 132 valence electrons. The molecule has 3 aromatic rings. The molecule has 3 rings (SSSR count). The SMILES string of the molecule is O=C(O)Cc1cc(-c2ccc(Cl)cc2Cl)ccc1OCc1ccccc1. The van der Waals surface area contributed by atoms with Crippen LogP contribution in [0.2, 0.25) is 10.0 Å². The van der Waals surface area contributed by atoms with Gasteiger partial charge in [-0.2, -0.15) is 0 Å². The van der Waals surface area contributed by atoms with Crippen molar-refractivity contribution in [2.75, 3.05) is 0 Å².